The van der Waals surface area contributed by atoms with Gasteiger partial charge in [0.05, 0.1) is 26.4 Å². The minimum absolute atomic E-state index is 0.101. The summed E-state index contributed by atoms with van der Waals surface area (Å²) in [5.41, 5.74) is 0. The van der Waals surface area contributed by atoms with Crippen molar-refractivity contribution < 1.29 is 80.2 Å². The molecule has 0 aliphatic carbocycles. The number of esters is 4. The molecule has 0 aromatic rings. The summed E-state index contributed by atoms with van der Waals surface area (Å²) < 4.78 is 67.9. The Bertz CT molecular complexity index is 1660. The fourth-order valence-corrected chi connectivity index (χ4v) is 11.0. The first kappa shape index (κ1) is 81.1. The van der Waals surface area contributed by atoms with Crippen LogP contribution in [0.25, 0.3) is 0 Å². The van der Waals surface area contributed by atoms with Gasteiger partial charge in [-0.2, -0.15) is 0 Å². The number of hydrogen-bond donors (Lipinski definition) is 3. The standard InChI is InChI=1S/C64H124O17P2/c1-54(2)40-32-24-16-12-10-9-11-13-19-30-38-46-63(68)80-59(51-75-62(67)45-37-29-22-20-26-34-42-56(5)6)52-78-82(70,71)76-48-58(65)49-77-83(72,73)79-53-60(81-64(69)47-39-31-23-21-27-35-43-57(7)8)50-74-61(66)44-36-28-18-15-14-17-25-33-41-55(3)4/h54-60,65H,9-53H2,1-8H3,(H,70,71)(H,72,73)/t58?,59-,60-/m1/s1. The van der Waals surface area contributed by atoms with Crippen LogP contribution in [0.4, 0.5) is 0 Å². The Morgan fingerprint density at radius 3 is 0.747 bits per heavy atom. The molecule has 3 unspecified atom stereocenters. The first-order valence-electron chi connectivity index (χ1n) is 33.2. The van der Waals surface area contributed by atoms with E-state index in [1.165, 1.54) is 103 Å². The molecule has 0 aromatic carbocycles. The molecule has 0 amide bonds. The minimum Gasteiger partial charge on any atom is -0.462 e. The van der Waals surface area contributed by atoms with Crippen LogP contribution in [0.3, 0.4) is 0 Å². The molecule has 0 bridgehead atoms. The summed E-state index contributed by atoms with van der Waals surface area (Å²) in [7, 11) is -9.89. The maximum Gasteiger partial charge on any atom is 0.472 e. The van der Waals surface area contributed by atoms with Crippen LogP contribution >= 0.6 is 15.6 Å². The Kier molecular flexibility index (Phi) is 53.0. The first-order chi connectivity index (χ1) is 39.6. The van der Waals surface area contributed by atoms with Crippen LogP contribution in [0.2, 0.25) is 0 Å². The molecule has 17 nitrogen and oxygen atoms in total. The Morgan fingerprint density at radius 2 is 0.506 bits per heavy atom. The maximum absolute atomic E-state index is 13.0. The van der Waals surface area contributed by atoms with Crippen molar-refractivity contribution in [3.05, 3.63) is 0 Å². The number of aliphatic hydroxyl groups is 1. The second-order valence-corrected chi connectivity index (χ2v) is 28.0. The zero-order valence-corrected chi connectivity index (χ0v) is 55.6. The third-order valence-corrected chi connectivity index (χ3v) is 16.5. The number of hydrogen-bond acceptors (Lipinski definition) is 15. The number of phosphoric ester groups is 2. The summed E-state index contributed by atoms with van der Waals surface area (Å²) in [6, 6.07) is 0. The van der Waals surface area contributed by atoms with Gasteiger partial charge in [-0.15, -0.1) is 0 Å². The number of unbranched alkanes of at least 4 members (excludes halogenated alkanes) is 27. The number of ether oxygens (including phenoxy) is 4. The third-order valence-electron chi connectivity index (χ3n) is 14.6. The summed E-state index contributed by atoms with van der Waals surface area (Å²) >= 11 is 0. The fraction of sp³-hybridized carbons (Fsp3) is 0.938. The van der Waals surface area contributed by atoms with Gasteiger partial charge in [0.15, 0.2) is 12.2 Å². The van der Waals surface area contributed by atoms with Crippen molar-refractivity contribution in [2.45, 2.75) is 324 Å². The molecule has 0 rings (SSSR count). The second kappa shape index (κ2) is 54.2. The molecule has 0 heterocycles. The summed E-state index contributed by atoms with van der Waals surface area (Å²) in [6.45, 7) is 13.9. The number of carbonyl (C=O) groups is 4. The van der Waals surface area contributed by atoms with E-state index in [0.29, 0.717) is 37.5 Å². The Balaban J connectivity index is 5.23. The first-order valence-corrected chi connectivity index (χ1v) is 36.2. The van der Waals surface area contributed by atoms with E-state index in [0.717, 1.165) is 108 Å². The van der Waals surface area contributed by atoms with E-state index in [4.69, 9.17) is 37.0 Å². The zero-order valence-electron chi connectivity index (χ0n) is 53.8. The molecule has 0 aliphatic heterocycles. The van der Waals surface area contributed by atoms with Crippen molar-refractivity contribution in [1.82, 2.24) is 0 Å². The molecule has 0 radical (unpaired) electrons. The van der Waals surface area contributed by atoms with E-state index >= 15 is 0 Å². The van der Waals surface area contributed by atoms with E-state index in [1.807, 2.05) is 0 Å². The Hall–Kier alpha value is -1.94. The van der Waals surface area contributed by atoms with E-state index < -0.39 is 97.5 Å². The average molecular weight is 1230 g/mol. The molecule has 19 heteroatoms. The highest BCUT2D eigenvalue weighted by Crippen LogP contribution is 2.45. The molecule has 5 atom stereocenters. The summed E-state index contributed by atoms with van der Waals surface area (Å²) in [5, 5.41) is 10.5. The highest BCUT2D eigenvalue weighted by atomic mass is 31.2. The fourth-order valence-electron chi connectivity index (χ4n) is 9.43. The van der Waals surface area contributed by atoms with Crippen molar-refractivity contribution in [1.29, 1.82) is 0 Å². The number of carbonyl (C=O) groups excluding carboxylic acids is 4. The summed E-state index contributed by atoms with van der Waals surface area (Å²) in [4.78, 5) is 72.1. The van der Waals surface area contributed by atoms with Gasteiger partial charge >= 0.3 is 39.5 Å². The molecule has 0 aliphatic rings. The predicted octanol–water partition coefficient (Wildman–Crippen LogP) is 17.4. The predicted molar refractivity (Wildman–Crippen MR) is 331 cm³/mol. The molecular weight excluding hydrogens is 1100 g/mol. The van der Waals surface area contributed by atoms with Gasteiger partial charge in [-0.1, -0.05) is 254 Å². The van der Waals surface area contributed by atoms with Crippen LogP contribution in [0.1, 0.15) is 306 Å². The number of aliphatic hydroxyl groups excluding tert-OH is 1. The summed E-state index contributed by atoms with van der Waals surface area (Å²) in [5.74, 6) is 0.696. The van der Waals surface area contributed by atoms with Gasteiger partial charge < -0.3 is 33.8 Å². The SMILES string of the molecule is CC(C)CCCCCCCCCCCCCC(=O)O[C@H](COC(=O)CCCCCCCCC(C)C)COP(=O)(O)OCC(O)COP(=O)(O)OC[C@@H](COC(=O)CCCCCCCCCCC(C)C)OC(=O)CCCCCCCCC(C)C. The lowest BCUT2D eigenvalue weighted by molar-refractivity contribution is -0.161. The van der Waals surface area contributed by atoms with Crippen molar-refractivity contribution in [2.24, 2.45) is 23.7 Å². The van der Waals surface area contributed by atoms with Gasteiger partial charge in [-0.05, 0) is 49.4 Å². The van der Waals surface area contributed by atoms with Crippen LogP contribution in [-0.4, -0.2) is 96.7 Å². The lowest BCUT2D eigenvalue weighted by Crippen LogP contribution is -2.30. The largest absolute Gasteiger partial charge is 0.472 e. The quantitative estimate of drug-likeness (QED) is 0.0222. The van der Waals surface area contributed by atoms with Gasteiger partial charge in [0.2, 0.25) is 0 Å². The molecule has 0 fully saturated rings. The molecule has 0 saturated heterocycles. The van der Waals surface area contributed by atoms with Crippen LogP contribution < -0.4 is 0 Å². The highest BCUT2D eigenvalue weighted by molar-refractivity contribution is 7.47. The zero-order chi connectivity index (χ0) is 61.8. The maximum atomic E-state index is 13.0. The van der Waals surface area contributed by atoms with Crippen molar-refractivity contribution in [3.8, 4) is 0 Å². The third kappa shape index (κ3) is 58.8. The smallest absolute Gasteiger partial charge is 0.462 e. The van der Waals surface area contributed by atoms with Gasteiger partial charge in [0.25, 0.3) is 0 Å². The number of phosphoric acid groups is 2. The van der Waals surface area contributed by atoms with Crippen molar-refractivity contribution in [3.63, 3.8) is 0 Å². The van der Waals surface area contributed by atoms with E-state index in [2.05, 4.69) is 55.4 Å². The second-order valence-electron chi connectivity index (χ2n) is 25.1. The number of rotatable bonds is 61. The van der Waals surface area contributed by atoms with Crippen LogP contribution in [-0.2, 0) is 65.4 Å². The topological polar surface area (TPSA) is 237 Å². The molecule has 3 N–H and O–H groups in total. The van der Waals surface area contributed by atoms with Gasteiger partial charge in [-0.25, -0.2) is 9.13 Å². The molecule has 83 heavy (non-hydrogen) atoms. The Labute approximate surface area is 505 Å². The monoisotopic (exact) mass is 1230 g/mol. The lowest BCUT2D eigenvalue weighted by atomic mass is 10.0. The van der Waals surface area contributed by atoms with Crippen LogP contribution in [0.15, 0.2) is 0 Å². The van der Waals surface area contributed by atoms with Gasteiger partial charge in [0, 0.05) is 25.7 Å². The Morgan fingerprint density at radius 1 is 0.301 bits per heavy atom. The molecule has 0 aromatic heterocycles. The molecular formula is C64H124O17P2. The van der Waals surface area contributed by atoms with Gasteiger partial charge in [0.1, 0.15) is 19.3 Å². The van der Waals surface area contributed by atoms with Crippen LogP contribution in [0.5, 0.6) is 0 Å². The van der Waals surface area contributed by atoms with Gasteiger partial charge in [-0.3, -0.25) is 37.3 Å². The highest BCUT2D eigenvalue weighted by Gasteiger charge is 2.30. The normalized spacial score (nSPS) is 14.4. The van der Waals surface area contributed by atoms with E-state index in [-0.39, 0.29) is 25.7 Å². The van der Waals surface area contributed by atoms with E-state index in [9.17, 15) is 43.2 Å². The lowest BCUT2D eigenvalue weighted by Gasteiger charge is -2.21. The van der Waals surface area contributed by atoms with E-state index in [1.54, 1.807) is 0 Å². The van der Waals surface area contributed by atoms with Crippen molar-refractivity contribution in [2.75, 3.05) is 39.6 Å². The van der Waals surface area contributed by atoms with Crippen molar-refractivity contribution >= 4 is 39.5 Å². The molecule has 0 spiro atoms. The molecule has 0 saturated carbocycles. The summed E-state index contributed by atoms with van der Waals surface area (Å²) in [6.07, 6.45) is 33.8. The minimum atomic E-state index is -4.94. The van der Waals surface area contributed by atoms with Crippen LogP contribution in [0, 0.1) is 23.7 Å². The average Bonchev–Trinajstić information content (AvgIpc) is 3.43. The molecule has 492 valence electrons.